The van der Waals surface area contributed by atoms with E-state index < -0.39 is 16.8 Å². The van der Waals surface area contributed by atoms with E-state index in [1.54, 1.807) is 19.2 Å². The zero-order chi connectivity index (χ0) is 23.0. The molecule has 1 heterocycles. The van der Waals surface area contributed by atoms with Gasteiger partial charge in [0, 0.05) is 27.6 Å². The van der Waals surface area contributed by atoms with Crippen LogP contribution < -0.4 is 20.3 Å². The molecule has 3 atom stereocenters. The average Bonchev–Trinajstić information content (AvgIpc) is 3.56. The van der Waals surface area contributed by atoms with Crippen molar-refractivity contribution in [2.45, 2.75) is 17.6 Å². The van der Waals surface area contributed by atoms with E-state index in [-0.39, 0.29) is 34.0 Å². The Kier molecular flexibility index (Phi) is 6.78. The lowest BCUT2D eigenvalue weighted by Crippen LogP contribution is -2.22. The first-order valence-electron chi connectivity index (χ1n) is 9.71. The second kappa shape index (κ2) is 9.40. The standard InChI is InChI=1S/C22H20ClFIN3O3S/c1-28-20(29)11-18(31-2)21(22(28)26-17-8-7-14(25)9-16(17)24)27-32(30)19-10-15(19)12-3-5-13(23)6-4-12/h3-9,11,15,19,26-27H,10H2,1-2H3. The van der Waals surface area contributed by atoms with Crippen LogP contribution in [-0.4, -0.2) is 21.1 Å². The number of anilines is 3. The molecule has 0 saturated heterocycles. The molecule has 1 saturated carbocycles. The monoisotopic (exact) mass is 587 g/mol. The highest BCUT2D eigenvalue weighted by atomic mass is 127. The molecule has 2 aromatic carbocycles. The number of methoxy groups -OCH3 is 1. The number of rotatable bonds is 7. The van der Waals surface area contributed by atoms with Crippen molar-refractivity contribution in [2.24, 2.45) is 7.05 Å². The summed E-state index contributed by atoms with van der Waals surface area (Å²) in [4.78, 5) is 12.4. The molecule has 0 bridgehead atoms. The molecule has 1 aromatic heterocycles. The van der Waals surface area contributed by atoms with Crippen LogP contribution in [0.25, 0.3) is 0 Å². The van der Waals surface area contributed by atoms with Crippen LogP contribution in [0.15, 0.2) is 53.3 Å². The Morgan fingerprint density at radius 3 is 2.59 bits per heavy atom. The van der Waals surface area contributed by atoms with Crippen molar-refractivity contribution in [1.29, 1.82) is 0 Å². The Bertz CT molecular complexity index is 1250. The number of hydrogen-bond donors (Lipinski definition) is 2. The highest BCUT2D eigenvalue weighted by Gasteiger charge is 2.44. The smallest absolute Gasteiger partial charge is 0.255 e. The Balaban J connectivity index is 1.64. The van der Waals surface area contributed by atoms with Crippen molar-refractivity contribution in [3.05, 3.63) is 78.9 Å². The maximum atomic E-state index is 14.5. The number of hydrogen-bond acceptors (Lipinski definition) is 4. The van der Waals surface area contributed by atoms with Gasteiger partial charge in [0.15, 0.2) is 5.75 Å². The van der Waals surface area contributed by atoms with Gasteiger partial charge in [0.2, 0.25) is 0 Å². The Morgan fingerprint density at radius 1 is 1.22 bits per heavy atom. The van der Waals surface area contributed by atoms with Crippen LogP contribution in [0.2, 0.25) is 5.02 Å². The maximum absolute atomic E-state index is 14.5. The summed E-state index contributed by atoms with van der Waals surface area (Å²) in [5, 5.41) is 3.50. The molecule has 32 heavy (non-hydrogen) atoms. The molecule has 10 heteroatoms. The van der Waals surface area contributed by atoms with Gasteiger partial charge in [-0.05, 0) is 64.9 Å². The number of ether oxygens (including phenoxy) is 1. The summed E-state index contributed by atoms with van der Waals surface area (Å²) in [6, 6.07) is 13.5. The van der Waals surface area contributed by atoms with E-state index in [1.165, 1.54) is 23.8 Å². The lowest BCUT2D eigenvalue weighted by molar-refractivity contribution is 0.415. The molecule has 1 aliphatic carbocycles. The van der Waals surface area contributed by atoms with Gasteiger partial charge in [0.25, 0.3) is 5.56 Å². The first kappa shape index (κ1) is 23.1. The molecule has 168 valence electrons. The first-order chi connectivity index (χ1) is 15.3. The van der Waals surface area contributed by atoms with E-state index in [0.717, 1.165) is 15.6 Å². The molecule has 1 fully saturated rings. The zero-order valence-electron chi connectivity index (χ0n) is 17.2. The third-order valence-electron chi connectivity index (χ3n) is 5.32. The van der Waals surface area contributed by atoms with Crippen molar-refractivity contribution < 1.29 is 13.3 Å². The fourth-order valence-electron chi connectivity index (χ4n) is 3.45. The van der Waals surface area contributed by atoms with Gasteiger partial charge in [0.1, 0.15) is 28.3 Å². The van der Waals surface area contributed by atoms with Crippen molar-refractivity contribution in [3.8, 4) is 5.75 Å². The summed E-state index contributed by atoms with van der Waals surface area (Å²) in [5.41, 5.74) is 1.24. The largest absolute Gasteiger partial charge is 0.494 e. The van der Waals surface area contributed by atoms with Crippen LogP contribution in [0, 0.1) is 9.39 Å². The van der Waals surface area contributed by atoms with Crippen molar-refractivity contribution in [1.82, 2.24) is 4.57 Å². The van der Waals surface area contributed by atoms with Crippen LogP contribution in [0.4, 0.5) is 21.6 Å². The van der Waals surface area contributed by atoms with Gasteiger partial charge in [-0.3, -0.25) is 14.1 Å². The lowest BCUT2D eigenvalue weighted by Gasteiger charge is -2.19. The molecule has 3 aromatic rings. The molecule has 0 spiro atoms. The average molecular weight is 588 g/mol. The van der Waals surface area contributed by atoms with Crippen LogP contribution in [0.3, 0.4) is 0 Å². The molecular weight excluding hydrogens is 568 g/mol. The molecule has 0 radical (unpaired) electrons. The summed E-state index contributed by atoms with van der Waals surface area (Å²) >= 11 is 7.98. The van der Waals surface area contributed by atoms with E-state index in [2.05, 4.69) is 10.0 Å². The van der Waals surface area contributed by atoms with Gasteiger partial charge < -0.3 is 10.1 Å². The van der Waals surface area contributed by atoms with Gasteiger partial charge in [0.05, 0.1) is 18.0 Å². The van der Waals surface area contributed by atoms with Crippen LogP contribution in [-0.2, 0) is 18.0 Å². The number of benzene rings is 2. The predicted octanol–water partition coefficient (Wildman–Crippen LogP) is 5.17. The minimum atomic E-state index is -1.46. The molecular formula is C22H20ClFIN3O3S. The zero-order valence-corrected chi connectivity index (χ0v) is 20.9. The normalized spacial score (nSPS) is 18.2. The van der Waals surface area contributed by atoms with Crippen molar-refractivity contribution in [3.63, 3.8) is 0 Å². The molecule has 6 nitrogen and oxygen atoms in total. The van der Waals surface area contributed by atoms with Gasteiger partial charge in [-0.2, -0.15) is 0 Å². The van der Waals surface area contributed by atoms with E-state index in [4.69, 9.17) is 16.3 Å². The highest BCUT2D eigenvalue weighted by molar-refractivity contribution is 14.1. The number of nitrogens with one attached hydrogen (secondary N) is 2. The van der Waals surface area contributed by atoms with E-state index in [9.17, 15) is 13.4 Å². The van der Waals surface area contributed by atoms with Crippen LogP contribution in [0.1, 0.15) is 17.9 Å². The minimum absolute atomic E-state index is 0.110. The Hall–Kier alpha value is -2.11. The quantitative estimate of drug-likeness (QED) is 0.375. The molecule has 3 unspecified atom stereocenters. The maximum Gasteiger partial charge on any atom is 0.255 e. The molecule has 1 aliphatic rings. The Morgan fingerprint density at radius 2 is 1.94 bits per heavy atom. The molecule has 4 rings (SSSR count). The summed E-state index contributed by atoms with van der Waals surface area (Å²) in [5.74, 6) is 0.151. The fourth-order valence-corrected chi connectivity index (χ4v) is 5.41. The van der Waals surface area contributed by atoms with Gasteiger partial charge >= 0.3 is 0 Å². The second-order valence-corrected chi connectivity index (χ2v) is 10.5. The van der Waals surface area contributed by atoms with E-state index in [0.29, 0.717) is 10.7 Å². The third-order valence-corrected chi connectivity index (χ3v) is 7.71. The summed E-state index contributed by atoms with van der Waals surface area (Å²) in [6.45, 7) is 0. The lowest BCUT2D eigenvalue weighted by atomic mass is 10.1. The van der Waals surface area contributed by atoms with Gasteiger partial charge in [-0.1, -0.05) is 23.7 Å². The number of pyridine rings is 1. The molecule has 0 amide bonds. The van der Waals surface area contributed by atoms with E-state index in [1.807, 2.05) is 46.9 Å². The number of nitrogens with zero attached hydrogens (tertiary/aromatic N) is 1. The first-order valence-corrected chi connectivity index (χ1v) is 12.4. The highest BCUT2D eigenvalue weighted by Crippen LogP contribution is 2.46. The SMILES string of the molecule is COc1cc(=O)n(C)c(Nc2ccc(I)cc2F)c1NS(=O)C1CC1c1ccc(Cl)cc1. The van der Waals surface area contributed by atoms with Crippen LogP contribution in [0.5, 0.6) is 5.75 Å². The third kappa shape index (κ3) is 4.79. The number of halogens is 3. The van der Waals surface area contributed by atoms with Gasteiger partial charge in [-0.15, -0.1) is 0 Å². The Labute approximate surface area is 205 Å². The van der Waals surface area contributed by atoms with Crippen molar-refractivity contribution in [2.75, 3.05) is 17.1 Å². The minimum Gasteiger partial charge on any atom is -0.494 e. The molecule has 2 N–H and O–H groups in total. The van der Waals surface area contributed by atoms with Gasteiger partial charge in [-0.25, -0.2) is 8.60 Å². The second-order valence-electron chi connectivity index (χ2n) is 7.41. The summed E-state index contributed by atoms with van der Waals surface area (Å²) in [7, 11) is 1.51. The summed E-state index contributed by atoms with van der Waals surface area (Å²) in [6.07, 6.45) is 0.754. The van der Waals surface area contributed by atoms with Crippen LogP contribution >= 0.6 is 34.2 Å². The predicted molar refractivity (Wildman–Crippen MR) is 135 cm³/mol. The molecule has 0 aliphatic heterocycles. The van der Waals surface area contributed by atoms with E-state index >= 15 is 0 Å². The number of aromatic nitrogens is 1. The topological polar surface area (TPSA) is 72.4 Å². The fraction of sp³-hybridized carbons (Fsp3) is 0.227. The summed E-state index contributed by atoms with van der Waals surface area (Å²) < 4.78 is 38.0. The van der Waals surface area contributed by atoms with Crippen molar-refractivity contribution >= 4 is 62.4 Å².